The van der Waals surface area contributed by atoms with Gasteiger partial charge in [-0.25, -0.2) is 0 Å². The van der Waals surface area contributed by atoms with E-state index >= 15 is 0 Å². The molecule has 0 saturated carbocycles. The molecule has 1 aromatic rings. The molecule has 0 aliphatic carbocycles. The van der Waals surface area contributed by atoms with Crippen LogP contribution in [0.1, 0.15) is 43.6 Å². The highest BCUT2D eigenvalue weighted by Crippen LogP contribution is 2.22. The van der Waals surface area contributed by atoms with Gasteiger partial charge < -0.3 is 10.1 Å². The van der Waals surface area contributed by atoms with Gasteiger partial charge in [0.2, 0.25) is 0 Å². The van der Waals surface area contributed by atoms with Crippen molar-refractivity contribution in [2.24, 2.45) is 0 Å². The second kappa shape index (κ2) is 6.53. The Bertz CT molecular complexity index is 414. The molecule has 0 bridgehead atoms. The van der Waals surface area contributed by atoms with Crippen LogP contribution in [0.4, 0.5) is 0 Å². The van der Waals surface area contributed by atoms with E-state index in [2.05, 4.69) is 42.8 Å². The van der Waals surface area contributed by atoms with Crippen LogP contribution >= 0.6 is 0 Å². The first-order valence-electron chi connectivity index (χ1n) is 7.54. The summed E-state index contributed by atoms with van der Waals surface area (Å²) in [5.41, 5.74) is 3.86. The van der Waals surface area contributed by atoms with Crippen LogP contribution in [0.2, 0.25) is 0 Å². The maximum Gasteiger partial charge on any atom is 0.0776 e. The fourth-order valence-electron chi connectivity index (χ4n) is 2.99. The number of nitrogens with one attached hydrogen (secondary N) is 1. The lowest BCUT2D eigenvalue weighted by Crippen LogP contribution is -2.28. The maximum atomic E-state index is 6.08. The van der Waals surface area contributed by atoms with E-state index in [0.717, 1.165) is 38.9 Å². The van der Waals surface area contributed by atoms with Crippen molar-refractivity contribution in [3.63, 3.8) is 0 Å². The number of hydrogen-bond donors (Lipinski definition) is 1. The first-order valence-corrected chi connectivity index (χ1v) is 7.54. The Morgan fingerprint density at radius 3 is 2.63 bits per heavy atom. The van der Waals surface area contributed by atoms with Crippen LogP contribution in [0, 0.1) is 13.8 Å². The number of ether oxygens (including phenoxy) is 1. The van der Waals surface area contributed by atoms with Gasteiger partial charge in [-0.2, -0.15) is 5.10 Å². The number of rotatable bonds is 6. The molecular weight excluding hydrogens is 238 g/mol. The molecule has 108 valence electrons. The predicted molar refractivity (Wildman–Crippen MR) is 77.5 cm³/mol. The lowest BCUT2D eigenvalue weighted by molar-refractivity contribution is 0.0341. The van der Waals surface area contributed by atoms with E-state index in [4.69, 9.17) is 4.74 Å². The van der Waals surface area contributed by atoms with Gasteiger partial charge in [0.05, 0.1) is 24.4 Å². The van der Waals surface area contributed by atoms with Gasteiger partial charge in [0.1, 0.15) is 0 Å². The summed E-state index contributed by atoms with van der Waals surface area (Å²) in [4.78, 5) is 0. The molecule has 4 heteroatoms. The summed E-state index contributed by atoms with van der Waals surface area (Å²) in [6.45, 7) is 11.5. The van der Waals surface area contributed by atoms with Crippen molar-refractivity contribution in [1.82, 2.24) is 15.1 Å². The topological polar surface area (TPSA) is 39.1 Å². The molecule has 1 N–H and O–H groups in total. The Labute approximate surface area is 116 Å². The molecular formula is C15H27N3O. The Hall–Kier alpha value is -0.870. The van der Waals surface area contributed by atoms with Crippen molar-refractivity contribution in [3.8, 4) is 0 Å². The largest absolute Gasteiger partial charge is 0.372 e. The van der Waals surface area contributed by atoms with Gasteiger partial charge >= 0.3 is 0 Å². The van der Waals surface area contributed by atoms with E-state index < -0.39 is 0 Å². The van der Waals surface area contributed by atoms with Crippen LogP contribution in [0.5, 0.6) is 0 Å². The van der Waals surface area contributed by atoms with Crippen LogP contribution in [0.15, 0.2) is 0 Å². The molecule has 1 aliphatic heterocycles. The third kappa shape index (κ3) is 3.37. The molecule has 0 aromatic carbocycles. The van der Waals surface area contributed by atoms with Gasteiger partial charge in [-0.15, -0.1) is 0 Å². The van der Waals surface area contributed by atoms with Crippen LogP contribution in [0.25, 0.3) is 0 Å². The SMILES string of the molecule is CCNCC1CCC(Cn2nc(C)c(CC)c2C)O1. The van der Waals surface area contributed by atoms with Gasteiger partial charge in [-0.1, -0.05) is 13.8 Å². The molecule has 2 unspecified atom stereocenters. The van der Waals surface area contributed by atoms with E-state index in [1.165, 1.54) is 17.0 Å². The van der Waals surface area contributed by atoms with Gasteiger partial charge in [0.25, 0.3) is 0 Å². The first kappa shape index (κ1) is 14.5. The summed E-state index contributed by atoms with van der Waals surface area (Å²) in [6.07, 6.45) is 4.08. The summed E-state index contributed by atoms with van der Waals surface area (Å²) < 4.78 is 8.22. The van der Waals surface area contributed by atoms with Crippen molar-refractivity contribution < 1.29 is 4.74 Å². The Morgan fingerprint density at radius 1 is 1.26 bits per heavy atom. The molecule has 1 saturated heterocycles. The number of aryl methyl sites for hydroxylation is 1. The summed E-state index contributed by atoms with van der Waals surface area (Å²) >= 11 is 0. The van der Waals surface area contributed by atoms with Crippen molar-refractivity contribution >= 4 is 0 Å². The second-order valence-electron chi connectivity index (χ2n) is 5.45. The minimum atomic E-state index is 0.325. The second-order valence-corrected chi connectivity index (χ2v) is 5.45. The molecule has 0 amide bonds. The standard InChI is InChI=1S/C15H27N3O/c1-5-15-11(3)17-18(12(15)4)10-14-8-7-13(19-14)9-16-6-2/h13-14,16H,5-10H2,1-4H3. The van der Waals surface area contributed by atoms with E-state index in [9.17, 15) is 0 Å². The van der Waals surface area contributed by atoms with Gasteiger partial charge in [0, 0.05) is 12.2 Å². The normalized spacial score (nSPS) is 23.2. The zero-order chi connectivity index (χ0) is 13.8. The van der Waals surface area contributed by atoms with Crippen LogP contribution in [0.3, 0.4) is 0 Å². The Kier molecular flexibility index (Phi) is 4.99. The van der Waals surface area contributed by atoms with Gasteiger partial charge in [0.15, 0.2) is 0 Å². The summed E-state index contributed by atoms with van der Waals surface area (Å²) in [6, 6.07) is 0. The molecule has 2 atom stereocenters. The van der Waals surface area contributed by atoms with Crippen LogP contribution in [-0.4, -0.2) is 35.1 Å². The van der Waals surface area contributed by atoms with Crippen molar-refractivity contribution in [2.45, 2.75) is 65.7 Å². The monoisotopic (exact) mass is 265 g/mol. The number of nitrogens with zero attached hydrogens (tertiary/aromatic N) is 2. The highest BCUT2D eigenvalue weighted by Gasteiger charge is 2.26. The average Bonchev–Trinajstić information content (AvgIpc) is 2.93. The van der Waals surface area contributed by atoms with Crippen molar-refractivity contribution in [1.29, 1.82) is 0 Å². The fourth-order valence-corrected chi connectivity index (χ4v) is 2.99. The summed E-state index contributed by atoms with van der Waals surface area (Å²) in [7, 11) is 0. The fraction of sp³-hybridized carbons (Fsp3) is 0.800. The predicted octanol–water partition coefficient (Wildman–Crippen LogP) is 2.22. The van der Waals surface area contributed by atoms with Crippen molar-refractivity contribution in [3.05, 3.63) is 17.0 Å². The number of hydrogen-bond acceptors (Lipinski definition) is 3. The molecule has 1 aromatic heterocycles. The average molecular weight is 265 g/mol. The molecule has 2 rings (SSSR count). The highest BCUT2D eigenvalue weighted by atomic mass is 16.5. The van der Waals surface area contributed by atoms with E-state index in [0.29, 0.717) is 12.2 Å². The van der Waals surface area contributed by atoms with Crippen molar-refractivity contribution in [2.75, 3.05) is 13.1 Å². The third-order valence-corrected chi connectivity index (χ3v) is 4.08. The van der Waals surface area contributed by atoms with Gasteiger partial charge in [-0.3, -0.25) is 4.68 Å². The molecule has 0 spiro atoms. The number of aromatic nitrogens is 2. The molecule has 0 radical (unpaired) electrons. The summed E-state index contributed by atoms with van der Waals surface area (Å²) in [5.74, 6) is 0. The third-order valence-electron chi connectivity index (χ3n) is 4.08. The lowest BCUT2D eigenvalue weighted by Gasteiger charge is -2.15. The molecule has 1 aliphatic rings. The molecule has 4 nitrogen and oxygen atoms in total. The molecule has 2 heterocycles. The first-order chi connectivity index (χ1) is 9.15. The highest BCUT2D eigenvalue weighted by molar-refractivity contribution is 5.24. The minimum absolute atomic E-state index is 0.325. The minimum Gasteiger partial charge on any atom is -0.372 e. The Morgan fingerprint density at radius 2 is 2.00 bits per heavy atom. The molecule has 19 heavy (non-hydrogen) atoms. The van der Waals surface area contributed by atoms with E-state index in [1.54, 1.807) is 0 Å². The maximum absolute atomic E-state index is 6.08. The van der Waals surface area contributed by atoms with E-state index in [-0.39, 0.29) is 0 Å². The summed E-state index contributed by atoms with van der Waals surface area (Å²) in [5, 5.41) is 8.01. The van der Waals surface area contributed by atoms with Crippen LogP contribution < -0.4 is 5.32 Å². The quantitative estimate of drug-likeness (QED) is 0.857. The smallest absolute Gasteiger partial charge is 0.0776 e. The zero-order valence-corrected chi connectivity index (χ0v) is 12.7. The van der Waals surface area contributed by atoms with Crippen LogP contribution in [-0.2, 0) is 17.7 Å². The van der Waals surface area contributed by atoms with E-state index in [1.807, 2.05) is 0 Å². The number of likely N-dealkylation sites (N-methyl/N-ethyl adjacent to an activating group) is 1. The molecule has 1 fully saturated rings. The van der Waals surface area contributed by atoms with Gasteiger partial charge in [-0.05, 0) is 45.2 Å². The zero-order valence-electron chi connectivity index (χ0n) is 12.7. The Balaban J connectivity index is 1.92. The lowest BCUT2D eigenvalue weighted by atomic mass is 10.1.